The second kappa shape index (κ2) is 6.55. The van der Waals surface area contributed by atoms with Crippen LogP contribution in [0.15, 0.2) is 29.2 Å². The van der Waals surface area contributed by atoms with Crippen LogP contribution in [0.1, 0.15) is 20.3 Å². The van der Waals surface area contributed by atoms with Crippen molar-refractivity contribution in [3.05, 3.63) is 24.3 Å². The van der Waals surface area contributed by atoms with Crippen molar-refractivity contribution in [1.82, 2.24) is 4.31 Å². The van der Waals surface area contributed by atoms with Gasteiger partial charge in [0, 0.05) is 25.2 Å². The summed E-state index contributed by atoms with van der Waals surface area (Å²) >= 11 is 0. The van der Waals surface area contributed by atoms with Crippen molar-refractivity contribution in [1.29, 1.82) is 0 Å². The second-order valence-electron chi connectivity index (χ2n) is 4.97. The molecule has 0 aromatic heterocycles. The third-order valence-electron chi connectivity index (χ3n) is 3.28. The Balaban J connectivity index is 2.23. The van der Waals surface area contributed by atoms with Crippen LogP contribution in [0.3, 0.4) is 0 Å². The zero-order chi connectivity index (χ0) is 15.5. The normalized spacial score (nSPS) is 20.2. The first-order valence-electron chi connectivity index (χ1n) is 6.95. The van der Waals surface area contributed by atoms with E-state index < -0.39 is 10.0 Å². The molecule has 1 unspecified atom stereocenters. The van der Waals surface area contributed by atoms with E-state index in [4.69, 9.17) is 4.74 Å². The Morgan fingerprint density at radius 1 is 1.48 bits per heavy atom. The van der Waals surface area contributed by atoms with Gasteiger partial charge in [0.2, 0.25) is 15.9 Å². The fourth-order valence-corrected chi connectivity index (χ4v) is 3.68. The van der Waals surface area contributed by atoms with Crippen molar-refractivity contribution >= 4 is 21.6 Å². The van der Waals surface area contributed by atoms with E-state index in [-0.39, 0.29) is 16.9 Å². The van der Waals surface area contributed by atoms with Crippen molar-refractivity contribution < 1.29 is 17.9 Å². The maximum atomic E-state index is 12.6. The molecule has 1 aromatic carbocycles. The molecule has 1 N–H and O–H groups in total. The summed E-state index contributed by atoms with van der Waals surface area (Å²) in [5.74, 6) is -0.149. The van der Waals surface area contributed by atoms with Crippen molar-refractivity contribution in [3.8, 4) is 0 Å². The molecule has 1 heterocycles. The number of nitrogens with one attached hydrogen (secondary N) is 1. The highest BCUT2D eigenvalue weighted by atomic mass is 32.2. The summed E-state index contributed by atoms with van der Waals surface area (Å²) in [6.07, 6.45) is 0.231. The summed E-state index contributed by atoms with van der Waals surface area (Å²) in [7, 11) is -3.56. The maximum Gasteiger partial charge on any atom is 0.243 e. The average molecular weight is 312 g/mol. The second-order valence-corrected chi connectivity index (χ2v) is 6.91. The molecule has 116 valence electrons. The van der Waals surface area contributed by atoms with E-state index in [2.05, 4.69) is 5.32 Å². The Labute approximate surface area is 125 Å². The highest BCUT2D eigenvalue weighted by molar-refractivity contribution is 7.89. The lowest BCUT2D eigenvalue weighted by atomic mass is 10.3. The molecule has 6 nitrogen and oxygen atoms in total. The molecule has 7 heteroatoms. The summed E-state index contributed by atoms with van der Waals surface area (Å²) in [5, 5.41) is 2.67. The fraction of sp³-hybridized carbons (Fsp3) is 0.500. The Hall–Kier alpha value is -1.44. The van der Waals surface area contributed by atoms with E-state index in [1.54, 1.807) is 19.1 Å². The molecular weight excluding hydrogens is 292 g/mol. The van der Waals surface area contributed by atoms with Gasteiger partial charge in [-0.05, 0) is 25.1 Å². The number of morpholine rings is 1. The Morgan fingerprint density at radius 2 is 2.24 bits per heavy atom. The van der Waals surface area contributed by atoms with Gasteiger partial charge in [0.25, 0.3) is 0 Å². The van der Waals surface area contributed by atoms with Gasteiger partial charge in [0.15, 0.2) is 0 Å². The molecule has 0 aliphatic carbocycles. The first-order chi connectivity index (χ1) is 9.93. The van der Waals surface area contributed by atoms with Crippen molar-refractivity contribution in [3.63, 3.8) is 0 Å². The number of hydrogen-bond acceptors (Lipinski definition) is 4. The minimum atomic E-state index is -3.56. The van der Waals surface area contributed by atoms with Crippen LogP contribution in [0.5, 0.6) is 0 Å². The SMILES string of the molecule is CCC(=O)Nc1cccc(S(=O)(=O)N2CCOC(C)C2)c1. The number of ether oxygens (including phenoxy) is 1. The van der Waals surface area contributed by atoms with Gasteiger partial charge in [0.1, 0.15) is 0 Å². The fourth-order valence-electron chi connectivity index (χ4n) is 2.14. The lowest BCUT2D eigenvalue weighted by Crippen LogP contribution is -2.44. The van der Waals surface area contributed by atoms with Gasteiger partial charge >= 0.3 is 0 Å². The van der Waals surface area contributed by atoms with Gasteiger partial charge in [-0.3, -0.25) is 4.79 Å². The number of carbonyl (C=O) groups is 1. The molecular formula is C14H20N2O4S. The maximum absolute atomic E-state index is 12.6. The number of carbonyl (C=O) groups excluding carboxylic acids is 1. The van der Waals surface area contributed by atoms with Crippen molar-refractivity contribution in [2.24, 2.45) is 0 Å². The number of sulfonamides is 1. The predicted octanol–water partition coefficient (Wildman–Crippen LogP) is 1.44. The van der Waals surface area contributed by atoms with E-state index in [0.717, 1.165) is 0 Å². The molecule has 21 heavy (non-hydrogen) atoms. The Kier molecular flexibility index (Phi) is 4.97. The number of amides is 1. The van der Waals surface area contributed by atoms with Gasteiger partial charge in [-0.2, -0.15) is 4.31 Å². The van der Waals surface area contributed by atoms with Gasteiger partial charge in [-0.25, -0.2) is 8.42 Å². The minimum Gasteiger partial charge on any atom is -0.376 e. The molecule has 0 saturated carbocycles. The summed E-state index contributed by atoms with van der Waals surface area (Å²) in [6.45, 7) is 4.67. The molecule has 1 atom stereocenters. The van der Waals surface area contributed by atoms with Crippen LogP contribution in [0.25, 0.3) is 0 Å². The van der Waals surface area contributed by atoms with Crippen LogP contribution >= 0.6 is 0 Å². The van der Waals surface area contributed by atoms with Crippen molar-refractivity contribution in [2.45, 2.75) is 31.3 Å². The van der Waals surface area contributed by atoms with Gasteiger partial charge in [-0.1, -0.05) is 13.0 Å². The molecule has 2 rings (SSSR count). The zero-order valence-corrected chi connectivity index (χ0v) is 13.0. The third-order valence-corrected chi connectivity index (χ3v) is 5.14. The summed E-state index contributed by atoms with van der Waals surface area (Å²) in [4.78, 5) is 11.6. The highest BCUT2D eigenvalue weighted by Gasteiger charge is 2.29. The van der Waals surface area contributed by atoms with Crippen LogP contribution in [-0.2, 0) is 19.6 Å². The quantitative estimate of drug-likeness (QED) is 0.913. The first-order valence-corrected chi connectivity index (χ1v) is 8.39. The first kappa shape index (κ1) is 15.9. The monoisotopic (exact) mass is 312 g/mol. The smallest absolute Gasteiger partial charge is 0.243 e. The van der Waals surface area contributed by atoms with E-state index in [9.17, 15) is 13.2 Å². The lowest BCUT2D eigenvalue weighted by Gasteiger charge is -2.30. The number of hydrogen-bond donors (Lipinski definition) is 1. The molecule has 1 fully saturated rings. The Bertz CT molecular complexity index is 615. The summed E-state index contributed by atoms with van der Waals surface area (Å²) in [6, 6.07) is 6.33. The van der Waals surface area contributed by atoms with Gasteiger partial charge in [-0.15, -0.1) is 0 Å². The Morgan fingerprint density at radius 3 is 2.90 bits per heavy atom. The average Bonchev–Trinajstić information content (AvgIpc) is 2.47. The van der Waals surface area contributed by atoms with Crippen LogP contribution in [0.2, 0.25) is 0 Å². The van der Waals surface area contributed by atoms with Gasteiger partial charge < -0.3 is 10.1 Å². The van der Waals surface area contributed by atoms with Crippen LogP contribution in [0, 0.1) is 0 Å². The van der Waals surface area contributed by atoms with E-state index >= 15 is 0 Å². The predicted molar refractivity (Wildman–Crippen MR) is 79.5 cm³/mol. The van der Waals surface area contributed by atoms with E-state index in [1.807, 2.05) is 6.92 Å². The molecule has 1 aliphatic heterocycles. The molecule has 0 bridgehead atoms. The van der Waals surface area contributed by atoms with Crippen LogP contribution < -0.4 is 5.32 Å². The number of anilines is 1. The lowest BCUT2D eigenvalue weighted by molar-refractivity contribution is -0.115. The molecule has 1 aliphatic rings. The van der Waals surface area contributed by atoms with Gasteiger partial charge in [0.05, 0.1) is 17.6 Å². The largest absolute Gasteiger partial charge is 0.376 e. The molecule has 1 aromatic rings. The molecule has 0 radical (unpaired) electrons. The standard InChI is InChI=1S/C14H20N2O4S/c1-3-14(17)15-12-5-4-6-13(9-12)21(18,19)16-7-8-20-11(2)10-16/h4-6,9,11H,3,7-8,10H2,1-2H3,(H,15,17). The van der Waals surface area contributed by atoms with Crippen LogP contribution in [0.4, 0.5) is 5.69 Å². The minimum absolute atomic E-state index is 0.114. The summed E-state index contributed by atoms with van der Waals surface area (Å²) in [5.41, 5.74) is 0.490. The number of benzene rings is 1. The number of nitrogens with zero attached hydrogens (tertiary/aromatic N) is 1. The summed E-state index contributed by atoms with van der Waals surface area (Å²) < 4.78 is 32.0. The number of rotatable bonds is 4. The van der Waals surface area contributed by atoms with E-state index in [1.165, 1.54) is 16.4 Å². The van der Waals surface area contributed by atoms with Crippen molar-refractivity contribution in [2.75, 3.05) is 25.0 Å². The molecule has 1 saturated heterocycles. The molecule has 1 amide bonds. The molecule has 0 spiro atoms. The van der Waals surface area contributed by atoms with E-state index in [0.29, 0.717) is 31.8 Å². The highest BCUT2D eigenvalue weighted by Crippen LogP contribution is 2.21. The van der Waals surface area contributed by atoms with Crippen LogP contribution in [-0.4, -0.2) is 44.4 Å². The third kappa shape index (κ3) is 3.81. The topological polar surface area (TPSA) is 75.7 Å². The zero-order valence-electron chi connectivity index (χ0n) is 12.2.